The van der Waals surface area contributed by atoms with Crippen LogP contribution < -0.4 is 21.2 Å². The predicted octanol–water partition coefficient (Wildman–Crippen LogP) is 2.69. The van der Waals surface area contributed by atoms with Crippen LogP contribution >= 0.6 is 11.6 Å². The first-order valence-electron chi connectivity index (χ1n) is 8.58. The Hall–Kier alpha value is -3.32. The Morgan fingerprint density at radius 1 is 1.07 bits per heavy atom. The molecule has 3 aromatic rings. The van der Waals surface area contributed by atoms with Crippen LogP contribution in [0.4, 0.5) is 5.69 Å². The zero-order valence-corrected chi connectivity index (χ0v) is 15.8. The highest BCUT2D eigenvalue weighted by Crippen LogP contribution is 2.15. The van der Waals surface area contributed by atoms with Crippen LogP contribution in [0, 0.1) is 0 Å². The normalized spacial score (nSPS) is 10.5. The number of rotatable bonds is 6. The molecule has 28 heavy (non-hydrogen) atoms. The van der Waals surface area contributed by atoms with Crippen molar-refractivity contribution in [2.75, 3.05) is 11.9 Å². The maximum Gasteiger partial charge on any atom is 0.320 e. The van der Waals surface area contributed by atoms with Crippen molar-refractivity contribution < 1.29 is 9.53 Å². The molecule has 7 nitrogen and oxygen atoms in total. The fraction of sp³-hybridized carbons (Fsp3) is 0.150. The molecule has 0 aliphatic rings. The lowest BCUT2D eigenvalue weighted by Crippen LogP contribution is -2.41. The Morgan fingerprint density at radius 3 is 2.50 bits per heavy atom. The van der Waals surface area contributed by atoms with E-state index < -0.39 is 17.0 Å². The molecule has 0 atom stereocenters. The molecule has 0 radical (unpaired) electrons. The van der Waals surface area contributed by atoms with Crippen molar-refractivity contribution in [2.24, 2.45) is 0 Å². The van der Waals surface area contributed by atoms with Gasteiger partial charge in [-0.2, -0.15) is 0 Å². The van der Waals surface area contributed by atoms with Crippen LogP contribution in [0.2, 0.25) is 5.02 Å². The zero-order chi connectivity index (χ0) is 20.1. The Morgan fingerprint density at radius 2 is 1.82 bits per heavy atom. The van der Waals surface area contributed by atoms with Gasteiger partial charge >= 0.3 is 11.1 Å². The smallest absolute Gasteiger partial charge is 0.320 e. The molecule has 1 amide bonds. The van der Waals surface area contributed by atoms with Crippen molar-refractivity contribution in [3.63, 3.8) is 0 Å². The van der Waals surface area contributed by atoms with Crippen LogP contribution in [0.15, 0.2) is 70.5 Å². The van der Waals surface area contributed by atoms with Crippen molar-refractivity contribution >= 4 is 23.2 Å². The van der Waals surface area contributed by atoms with E-state index in [9.17, 15) is 14.4 Å². The number of anilines is 1. The van der Waals surface area contributed by atoms with Crippen LogP contribution in [0.5, 0.6) is 5.75 Å². The standard InChI is InChI=1S/C20H18ClN3O4/c1-2-28-17-8-6-16(7-9-17)24-11-10-23(19(26)20(24)27)13-18(25)22-15-5-3-4-14(21)12-15/h3-12H,2,13H2,1H3,(H,22,25). The van der Waals surface area contributed by atoms with Crippen molar-refractivity contribution in [1.29, 1.82) is 0 Å². The molecule has 3 rings (SSSR count). The summed E-state index contributed by atoms with van der Waals surface area (Å²) in [5, 5.41) is 3.12. The molecule has 8 heteroatoms. The highest BCUT2D eigenvalue weighted by Gasteiger charge is 2.10. The van der Waals surface area contributed by atoms with Gasteiger partial charge in [0, 0.05) is 28.8 Å². The largest absolute Gasteiger partial charge is 0.494 e. The number of nitrogens with one attached hydrogen (secondary N) is 1. The van der Waals surface area contributed by atoms with E-state index in [1.165, 1.54) is 17.0 Å². The maximum absolute atomic E-state index is 12.4. The van der Waals surface area contributed by atoms with Gasteiger partial charge < -0.3 is 10.1 Å². The summed E-state index contributed by atoms with van der Waals surface area (Å²) in [6.45, 7) is 2.12. The molecule has 144 valence electrons. The summed E-state index contributed by atoms with van der Waals surface area (Å²) in [7, 11) is 0. The number of ether oxygens (including phenoxy) is 1. The van der Waals surface area contributed by atoms with Crippen LogP contribution in [-0.4, -0.2) is 21.6 Å². The predicted molar refractivity (Wildman–Crippen MR) is 108 cm³/mol. The molecule has 0 aliphatic carbocycles. The first-order valence-corrected chi connectivity index (χ1v) is 8.96. The van der Waals surface area contributed by atoms with Crippen LogP contribution in [0.1, 0.15) is 6.92 Å². The Kier molecular flexibility index (Phi) is 5.96. The van der Waals surface area contributed by atoms with E-state index in [1.807, 2.05) is 6.92 Å². The van der Waals surface area contributed by atoms with Crippen molar-refractivity contribution in [3.8, 4) is 11.4 Å². The third-order valence-electron chi connectivity index (χ3n) is 3.91. The Balaban J connectivity index is 1.79. The summed E-state index contributed by atoms with van der Waals surface area (Å²) < 4.78 is 7.65. The number of carbonyl (C=O) groups excluding carboxylic acids is 1. The van der Waals surface area contributed by atoms with Gasteiger partial charge in [-0.3, -0.25) is 23.5 Å². The lowest BCUT2D eigenvalue weighted by Gasteiger charge is -2.10. The SMILES string of the molecule is CCOc1ccc(-n2ccn(CC(=O)Nc3cccc(Cl)c3)c(=O)c2=O)cc1. The summed E-state index contributed by atoms with van der Waals surface area (Å²) in [5.41, 5.74) is -0.505. The third-order valence-corrected chi connectivity index (χ3v) is 4.14. The van der Waals surface area contributed by atoms with Crippen LogP contribution in [0.3, 0.4) is 0 Å². The van der Waals surface area contributed by atoms with Gasteiger partial charge in [0.15, 0.2) is 0 Å². The van der Waals surface area contributed by atoms with Crippen molar-refractivity contribution in [2.45, 2.75) is 13.5 Å². The second kappa shape index (κ2) is 8.58. The van der Waals surface area contributed by atoms with Gasteiger partial charge in [0.05, 0.1) is 6.61 Å². The molecular formula is C20H18ClN3O4. The minimum Gasteiger partial charge on any atom is -0.494 e. The van der Waals surface area contributed by atoms with E-state index in [2.05, 4.69) is 5.32 Å². The molecular weight excluding hydrogens is 382 g/mol. The lowest BCUT2D eigenvalue weighted by molar-refractivity contribution is -0.116. The molecule has 0 aliphatic heterocycles. The highest BCUT2D eigenvalue weighted by molar-refractivity contribution is 6.30. The second-order valence-corrected chi connectivity index (χ2v) is 6.33. The van der Waals surface area contributed by atoms with Gasteiger partial charge in [-0.15, -0.1) is 0 Å². The highest BCUT2D eigenvalue weighted by atomic mass is 35.5. The lowest BCUT2D eigenvalue weighted by atomic mass is 10.3. The number of benzene rings is 2. The third kappa shape index (κ3) is 4.50. The number of halogens is 1. The van der Waals surface area contributed by atoms with Gasteiger partial charge in [-0.05, 0) is 49.4 Å². The second-order valence-electron chi connectivity index (χ2n) is 5.89. The Labute approximate surface area is 165 Å². The summed E-state index contributed by atoms with van der Waals surface area (Å²) in [4.78, 5) is 37.0. The molecule has 0 spiro atoms. The molecule has 2 aromatic carbocycles. The number of carbonyl (C=O) groups is 1. The molecule has 0 fully saturated rings. The van der Waals surface area contributed by atoms with Gasteiger partial charge in [0.25, 0.3) is 0 Å². The summed E-state index contributed by atoms with van der Waals surface area (Å²) in [6, 6.07) is 13.4. The molecule has 1 heterocycles. The summed E-state index contributed by atoms with van der Waals surface area (Å²) >= 11 is 5.88. The first-order chi connectivity index (χ1) is 13.5. The van der Waals surface area contributed by atoms with E-state index in [1.54, 1.807) is 48.5 Å². The van der Waals surface area contributed by atoms with Gasteiger partial charge in [0.2, 0.25) is 5.91 Å². The monoisotopic (exact) mass is 399 g/mol. The van der Waals surface area contributed by atoms with E-state index in [0.29, 0.717) is 28.8 Å². The van der Waals surface area contributed by atoms with E-state index in [4.69, 9.17) is 16.3 Å². The average Bonchev–Trinajstić information content (AvgIpc) is 2.67. The first kappa shape index (κ1) is 19.4. The van der Waals surface area contributed by atoms with E-state index in [0.717, 1.165) is 4.57 Å². The van der Waals surface area contributed by atoms with E-state index >= 15 is 0 Å². The van der Waals surface area contributed by atoms with Crippen molar-refractivity contribution in [1.82, 2.24) is 9.13 Å². The molecule has 1 aromatic heterocycles. The van der Waals surface area contributed by atoms with Crippen LogP contribution in [0.25, 0.3) is 5.69 Å². The summed E-state index contributed by atoms with van der Waals surface area (Å²) in [5.74, 6) is 0.230. The topological polar surface area (TPSA) is 82.3 Å². The zero-order valence-electron chi connectivity index (χ0n) is 15.1. The van der Waals surface area contributed by atoms with Gasteiger partial charge in [0.1, 0.15) is 12.3 Å². The number of hydrogen-bond donors (Lipinski definition) is 1. The molecule has 0 saturated heterocycles. The molecule has 0 unspecified atom stereocenters. The molecule has 0 bridgehead atoms. The quantitative estimate of drug-likeness (QED) is 0.646. The molecule has 0 saturated carbocycles. The van der Waals surface area contributed by atoms with E-state index in [-0.39, 0.29) is 6.54 Å². The number of aromatic nitrogens is 2. The van der Waals surface area contributed by atoms with Gasteiger partial charge in [-0.25, -0.2) is 0 Å². The Bertz CT molecular complexity index is 1100. The van der Waals surface area contributed by atoms with Crippen LogP contribution in [-0.2, 0) is 11.3 Å². The number of nitrogens with zero attached hydrogens (tertiary/aromatic N) is 2. The van der Waals surface area contributed by atoms with Crippen molar-refractivity contribution in [3.05, 3.63) is 86.7 Å². The summed E-state index contributed by atoms with van der Waals surface area (Å²) in [6.07, 6.45) is 2.85. The number of amides is 1. The number of hydrogen-bond acceptors (Lipinski definition) is 4. The fourth-order valence-electron chi connectivity index (χ4n) is 2.63. The molecule has 1 N–H and O–H groups in total. The fourth-order valence-corrected chi connectivity index (χ4v) is 2.82. The minimum absolute atomic E-state index is 0.287. The minimum atomic E-state index is -0.794. The average molecular weight is 400 g/mol. The van der Waals surface area contributed by atoms with Gasteiger partial charge in [-0.1, -0.05) is 17.7 Å². The maximum atomic E-state index is 12.4.